The zero-order valence-corrected chi connectivity index (χ0v) is 12.7. The van der Waals surface area contributed by atoms with Gasteiger partial charge in [0.05, 0.1) is 16.6 Å². The van der Waals surface area contributed by atoms with Crippen LogP contribution < -0.4 is 0 Å². The van der Waals surface area contributed by atoms with Crippen LogP contribution in [0.5, 0.6) is 0 Å². The average molecular weight is 326 g/mol. The van der Waals surface area contributed by atoms with Crippen LogP contribution in [0, 0.1) is 0 Å². The van der Waals surface area contributed by atoms with Crippen molar-refractivity contribution in [3.63, 3.8) is 0 Å². The minimum absolute atomic E-state index is 0.190. The number of pyridine rings is 1. The quantitative estimate of drug-likeness (QED) is 0.581. The number of nitrogens with zero attached hydrogens (tertiary/aromatic N) is 1. The van der Waals surface area contributed by atoms with E-state index in [0.29, 0.717) is 18.3 Å². The molecule has 0 bridgehead atoms. The summed E-state index contributed by atoms with van der Waals surface area (Å²) < 4.78 is 0. The van der Waals surface area contributed by atoms with Crippen LogP contribution in [-0.2, 0) is 6.42 Å². The zero-order valence-electron chi connectivity index (χ0n) is 12.0. The summed E-state index contributed by atoms with van der Waals surface area (Å²) in [6.07, 6.45) is 1.34. The first-order chi connectivity index (χ1) is 11.1. The van der Waals surface area contributed by atoms with Crippen molar-refractivity contribution in [1.29, 1.82) is 0 Å². The van der Waals surface area contributed by atoms with Crippen LogP contribution in [0.4, 0.5) is 0 Å². The number of carbonyl (C=O) groups excluding carboxylic acids is 1. The number of carboxylic acids is 1. The molecule has 0 amide bonds. The topological polar surface area (TPSA) is 67.3 Å². The summed E-state index contributed by atoms with van der Waals surface area (Å²) in [7, 11) is 0. The van der Waals surface area contributed by atoms with Gasteiger partial charge in [0.2, 0.25) is 0 Å². The molecule has 3 rings (SSSR count). The largest absolute Gasteiger partial charge is 0.478 e. The van der Waals surface area contributed by atoms with E-state index < -0.39 is 5.97 Å². The number of carbonyl (C=O) groups is 2. The van der Waals surface area contributed by atoms with E-state index >= 15 is 0 Å². The second kappa shape index (κ2) is 6.18. The van der Waals surface area contributed by atoms with E-state index in [4.69, 9.17) is 16.7 Å². The monoisotopic (exact) mass is 325 g/mol. The van der Waals surface area contributed by atoms with Gasteiger partial charge in [-0.1, -0.05) is 35.9 Å². The van der Waals surface area contributed by atoms with Crippen LogP contribution in [0.15, 0.2) is 48.5 Å². The maximum Gasteiger partial charge on any atom is 0.335 e. The summed E-state index contributed by atoms with van der Waals surface area (Å²) >= 11 is 5.96. The molecule has 0 radical (unpaired) electrons. The van der Waals surface area contributed by atoms with Crippen LogP contribution >= 0.6 is 11.6 Å². The number of fused-ring (bicyclic) bond motifs is 1. The first-order valence-corrected chi connectivity index (χ1v) is 7.31. The van der Waals surface area contributed by atoms with Crippen molar-refractivity contribution in [2.75, 3.05) is 0 Å². The van der Waals surface area contributed by atoms with Crippen molar-refractivity contribution >= 4 is 34.8 Å². The molecule has 5 heteroatoms. The van der Waals surface area contributed by atoms with Gasteiger partial charge in [-0.25, -0.2) is 9.78 Å². The van der Waals surface area contributed by atoms with Crippen molar-refractivity contribution in [2.45, 2.75) is 6.42 Å². The molecule has 114 valence electrons. The molecule has 0 aliphatic heterocycles. The molecule has 1 N–H and O–H groups in total. The molecule has 0 unspecified atom stereocenters. The van der Waals surface area contributed by atoms with Crippen molar-refractivity contribution in [3.05, 3.63) is 75.9 Å². The van der Waals surface area contributed by atoms with E-state index in [9.17, 15) is 9.59 Å². The molecule has 0 spiro atoms. The van der Waals surface area contributed by atoms with Gasteiger partial charge in [-0.05, 0) is 41.8 Å². The van der Waals surface area contributed by atoms with E-state index in [1.807, 2.05) is 18.2 Å². The fourth-order valence-corrected chi connectivity index (χ4v) is 2.59. The molecule has 0 aliphatic rings. The van der Waals surface area contributed by atoms with E-state index in [1.54, 1.807) is 30.3 Å². The van der Waals surface area contributed by atoms with Crippen LogP contribution in [-0.4, -0.2) is 22.3 Å². The fourth-order valence-electron chi connectivity index (χ4n) is 2.40. The Labute approximate surface area is 137 Å². The van der Waals surface area contributed by atoms with Crippen molar-refractivity contribution in [1.82, 2.24) is 4.98 Å². The summed E-state index contributed by atoms with van der Waals surface area (Å²) in [5, 5.41) is 9.95. The standard InChI is InChI=1S/C18H12ClNO3/c19-17-15(10-21)9-14-6-3-12(8-16(14)20-17)7-11-1-4-13(5-2-11)18(22)23/h1-6,8-10H,7H2,(H,22,23). The number of halogens is 1. The second-order valence-electron chi connectivity index (χ2n) is 5.19. The Morgan fingerprint density at radius 1 is 1.09 bits per heavy atom. The Bertz CT molecular complexity index is 904. The van der Waals surface area contributed by atoms with Gasteiger partial charge in [-0.2, -0.15) is 0 Å². The molecule has 23 heavy (non-hydrogen) atoms. The summed E-state index contributed by atoms with van der Waals surface area (Å²) in [6.45, 7) is 0. The molecule has 0 saturated carbocycles. The molecule has 4 nitrogen and oxygen atoms in total. The SMILES string of the molecule is O=Cc1cc2ccc(Cc3ccc(C(=O)O)cc3)cc2nc1Cl. The molecule has 0 saturated heterocycles. The first kappa shape index (κ1) is 15.2. The third-order valence-corrected chi connectivity index (χ3v) is 3.90. The molecule has 0 aliphatic carbocycles. The van der Waals surface area contributed by atoms with E-state index in [2.05, 4.69) is 4.98 Å². The Balaban J connectivity index is 1.91. The second-order valence-corrected chi connectivity index (χ2v) is 5.55. The summed E-state index contributed by atoms with van der Waals surface area (Å²) in [6, 6.07) is 14.2. The van der Waals surface area contributed by atoms with Crippen LogP contribution in [0.1, 0.15) is 31.8 Å². The van der Waals surface area contributed by atoms with Gasteiger partial charge in [0.25, 0.3) is 0 Å². The lowest BCUT2D eigenvalue weighted by molar-refractivity contribution is 0.0696. The molecular weight excluding hydrogens is 314 g/mol. The molecule has 3 aromatic rings. The first-order valence-electron chi connectivity index (χ1n) is 6.93. The third-order valence-electron chi connectivity index (χ3n) is 3.60. The van der Waals surface area contributed by atoms with E-state index in [0.717, 1.165) is 22.0 Å². The van der Waals surface area contributed by atoms with Gasteiger partial charge in [-0.15, -0.1) is 0 Å². The Kier molecular flexibility index (Phi) is 4.08. The van der Waals surface area contributed by atoms with Crippen LogP contribution in [0.3, 0.4) is 0 Å². The Morgan fingerprint density at radius 2 is 1.78 bits per heavy atom. The number of benzene rings is 2. The highest BCUT2D eigenvalue weighted by Crippen LogP contribution is 2.22. The Morgan fingerprint density at radius 3 is 2.43 bits per heavy atom. The van der Waals surface area contributed by atoms with Crippen LogP contribution in [0.2, 0.25) is 5.15 Å². The smallest absolute Gasteiger partial charge is 0.335 e. The van der Waals surface area contributed by atoms with Gasteiger partial charge >= 0.3 is 5.97 Å². The average Bonchev–Trinajstić information content (AvgIpc) is 2.54. The lowest BCUT2D eigenvalue weighted by Crippen LogP contribution is -1.96. The fraction of sp³-hybridized carbons (Fsp3) is 0.0556. The highest BCUT2D eigenvalue weighted by atomic mass is 35.5. The number of carboxylic acid groups (broad SMARTS) is 1. The highest BCUT2D eigenvalue weighted by Gasteiger charge is 2.06. The minimum Gasteiger partial charge on any atom is -0.478 e. The summed E-state index contributed by atoms with van der Waals surface area (Å²) in [5.74, 6) is -0.938. The predicted octanol–water partition coefficient (Wildman–Crippen LogP) is 3.99. The van der Waals surface area contributed by atoms with Gasteiger partial charge in [0, 0.05) is 5.39 Å². The molecule has 2 aromatic carbocycles. The van der Waals surface area contributed by atoms with Crippen LogP contribution in [0.25, 0.3) is 10.9 Å². The van der Waals surface area contributed by atoms with Gasteiger partial charge in [-0.3, -0.25) is 4.79 Å². The van der Waals surface area contributed by atoms with Crippen molar-refractivity contribution in [3.8, 4) is 0 Å². The van der Waals surface area contributed by atoms with Gasteiger partial charge < -0.3 is 5.11 Å². The number of hydrogen-bond donors (Lipinski definition) is 1. The number of rotatable bonds is 4. The summed E-state index contributed by atoms with van der Waals surface area (Å²) in [5.41, 5.74) is 3.39. The summed E-state index contributed by atoms with van der Waals surface area (Å²) in [4.78, 5) is 26.0. The van der Waals surface area contributed by atoms with Crippen molar-refractivity contribution < 1.29 is 14.7 Å². The number of aromatic nitrogens is 1. The molecular formula is C18H12ClNO3. The maximum absolute atomic E-state index is 10.9. The lowest BCUT2D eigenvalue weighted by Gasteiger charge is -2.06. The molecule has 1 heterocycles. The third kappa shape index (κ3) is 3.22. The van der Waals surface area contributed by atoms with E-state index in [1.165, 1.54) is 0 Å². The molecule has 0 fully saturated rings. The molecule has 1 aromatic heterocycles. The molecule has 0 atom stereocenters. The highest BCUT2D eigenvalue weighted by molar-refractivity contribution is 6.32. The zero-order chi connectivity index (χ0) is 16.4. The number of aromatic carboxylic acids is 1. The van der Waals surface area contributed by atoms with Gasteiger partial charge in [0.1, 0.15) is 5.15 Å². The Hall–Kier alpha value is -2.72. The van der Waals surface area contributed by atoms with Crippen molar-refractivity contribution in [2.24, 2.45) is 0 Å². The van der Waals surface area contributed by atoms with Gasteiger partial charge in [0.15, 0.2) is 6.29 Å². The normalized spacial score (nSPS) is 10.7. The predicted molar refractivity (Wildman–Crippen MR) is 88.3 cm³/mol. The lowest BCUT2D eigenvalue weighted by atomic mass is 10.0. The number of aldehydes is 1. The number of hydrogen-bond acceptors (Lipinski definition) is 3. The van der Waals surface area contributed by atoms with E-state index in [-0.39, 0.29) is 10.7 Å². The minimum atomic E-state index is -0.938. The maximum atomic E-state index is 10.9.